The first-order valence-electron chi connectivity index (χ1n) is 9.17. The third-order valence-corrected chi connectivity index (χ3v) is 4.66. The number of hydrogen-bond acceptors (Lipinski definition) is 3. The lowest BCUT2D eigenvalue weighted by molar-refractivity contribution is 0.0574. The molecule has 0 aromatic rings. The standard InChI is InChI=1S/C17H34N4O/c1-18-17(20-11-14-21-12-5-2-6-13-21)19-10-7-15-22-16-8-3-4-9-16/h16H,2-15H2,1H3,(H2,18,19,20). The summed E-state index contributed by atoms with van der Waals surface area (Å²) < 4.78 is 5.87. The normalized spacial score (nSPS) is 21.2. The van der Waals surface area contributed by atoms with E-state index in [0.29, 0.717) is 6.10 Å². The van der Waals surface area contributed by atoms with Gasteiger partial charge in [-0.05, 0) is 45.2 Å². The molecule has 5 nitrogen and oxygen atoms in total. The first-order chi connectivity index (χ1) is 10.9. The SMILES string of the molecule is CN=C(NCCCOC1CCCC1)NCCN1CCCCC1. The van der Waals surface area contributed by atoms with Crippen LogP contribution >= 0.6 is 0 Å². The third-order valence-electron chi connectivity index (χ3n) is 4.66. The van der Waals surface area contributed by atoms with Crippen LogP contribution in [0.15, 0.2) is 4.99 Å². The van der Waals surface area contributed by atoms with E-state index in [1.165, 1.54) is 58.0 Å². The quantitative estimate of drug-likeness (QED) is 0.409. The van der Waals surface area contributed by atoms with E-state index >= 15 is 0 Å². The number of nitrogens with one attached hydrogen (secondary N) is 2. The van der Waals surface area contributed by atoms with Crippen LogP contribution in [0.5, 0.6) is 0 Å². The van der Waals surface area contributed by atoms with Gasteiger partial charge >= 0.3 is 0 Å². The van der Waals surface area contributed by atoms with Gasteiger partial charge in [0.25, 0.3) is 0 Å². The van der Waals surface area contributed by atoms with Crippen molar-refractivity contribution in [3.8, 4) is 0 Å². The Morgan fingerprint density at radius 3 is 2.50 bits per heavy atom. The molecule has 0 atom stereocenters. The number of ether oxygens (including phenoxy) is 1. The van der Waals surface area contributed by atoms with Crippen molar-refractivity contribution in [2.24, 2.45) is 4.99 Å². The maximum absolute atomic E-state index is 5.87. The fourth-order valence-electron chi connectivity index (χ4n) is 3.32. The first-order valence-corrected chi connectivity index (χ1v) is 9.17. The van der Waals surface area contributed by atoms with Crippen molar-refractivity contribution < 1.29 is 4.74 Å². The zero-order chi connectivity index (χ0) is 15.5. The van der Waals surface area contributed by atoms with Crippen LogP contribution in [0.3, 0.4) is 0 Å². The summed E-state index contributed by atoms with van der Waals surface area (Å²) in [6, 6.07) is 0. The van der Waals surface area contributed by atoms with Gasteiger partial charge in [0.1, 0.15) is 0 Å². The van der Waals surface area contributed by atoms with E-state index in [1.54, 1.807) is 0 Å². The van der Waals surface area contributed by atoms with Crippen LogP contribution in [0, 0.1) is 0 Å². The molecule has 1 aliphatic heterocycles. The van der Waals surface area contributed by atoms with E-state index in [9.17, 15) is 0 Å². The van der Waals surface area contributed by atoms with Crippen LogP contribution in [0.2, 0.25) is 0 Å². The summed E-state index contributed by atoms with van der Waals surface area (Å²) in [5.41, 5.74) is 0. The molecule has 5 heteroatoms. The average molecular weight is 310 g/mol. The van der Waals surface area contributed by atoms with E-state index in [4.69, 9.17) is 4.74 Å². The van der Waals surface area contributed by atoms with Gasteiger partial charge in [-0.3, -0.25) is 4.99 Å². The fourth-order valence-corrected chi connectivity index (χ4v) is 3.32. The molecule has 22 heavy (non-hydrogen) atoms. The molecule has 2 N–H and O–H groups in total. The zero-order valence-corrected chi connectivity index (χ0v) is 14.3. The summed E-state index contributed by atoms with van der Waals surface area (Å²) in [6.07, 6.45) is 10.9. The van der Waals surface area contributed by atoms with Gasteiger partial charge in [0, 0.05) is 33.3 Å². The van der Waals surface area contributed by atoms with Crippen molar-refractivity contribution in [3.05, 3.63) is 0 Å². The van der Waals surface area contributed by atoms with Crippen LogP contribution < -0.4 is 10.6 Å². The minimum absolute atomic E-state index is 0.530. The molecular formula is C17H34N4O. The Labute approximate surface area is 135 Å². The molecule has 2 aliphatic rings. The maximum atomic E-state index is 5.87. The summed E-state index contributed by atoms with van der Waals surface area (Å²) in [4.78, 5) is 6.82. The molecule has 1 heterocycles. The highest BCUT2D eigenvalue weighted by molar-refractivity contribution is 5.79. The van der Waals surface area contributed by atoms with Crippen LogP contribution in [0.25, 0.3) is 0 Å². The third kappa shape index (κ3) is 6.97. The molecule has 0 bridgehead atoms. The molecule has 128 valence electrons. The van der Waals surface area contributed by atoms with Crippen molar-refractivity contribution in [3.63, 3.8) is 0 Å². The van der Waals surface area contributed by atoms with Crippen LogP contribution in [-0.2, 0) is 4.74 Å². The number of nitrogens with zero attached hydrogens (tertiary/aromatic N) is 2. The van der Waals surface area contributed by atoms with Crippen molar-refractivity contribution in [1.29, 1.82) is 0 Å². The van der Waals surface area contributed by atoms with Crippen molar-refractivity contribution in [1.82, 2.24) is 15.5 Å². The smallest absolute Gasteiger partial charge is 0.191 e. The molecule has 2 rings (SSSR count). The van der Waals surface area contributed by atoms with Crippen LogP contribution in [0.1, 0.15) is 51.4 Å². The van der Waals surface area contributed by atoms with Gasteiger partial charge in [0.15, 0.2) is 5.96 Å². The van der Waals surface area contributed by atoms with E-state index in [0.717, 1.165) is 38.6 Å². The highest BCUT2D eigenvalue weighted by atomic mass is 16.5. The average Bonchev–Trinajstić information content (AvgIpc) is 3.07. The monoisotopic (exact) mass is 310 g/mol. The highest BCUT2D eigenvalue weighted by Crippen LogP contribution is 2.20. The van der Waals surface area contributed by atoms with Crippen molar-refractivity contribution >= 4 is 5.96 Å². The van der Waals surface area contributed by atoms with E-state index in [-0.39, 0.29) is 0 Å². The predicted molar refractivity (Wildman–Crippen MR) is 92.5 cm³/mol. The Kier molecular flexibility index (Phi) is 8.64. The lowest BCUT2D eigenvalue weighted by atomic mass is 10.1. The second-order valence-electron chi connectivity index (χ2n) is 6.46. The first kappa shape index (κ1) is 17.5. The Morgan fingerprint density at radius 2 is 1.77 bits per heavy atom. The number of rotatable bonds is 8. The number of likely N-dealkylation sites (tertiary alicyclic amines) is 1. The minimum Gasteiger partial charge on any atom is -0.378 e. The summed E-state index contributed by atoms with van der Waals surface area (Å²) >= 11 is 0. The molecule has 0 radical (unpaired) electrons. The summed E-state index contributed by atoms with van der Waals surface area (Å²) in [5, 5.41) is 6.78. The van der Waals surface area contributed by atoms with Gasteiger partial charge in [-0.25, -0.2) is 0 Å². The van der Waals surface area contributed by atoms with E-state index < -0.39 is 0 Å². The van der Waals surface area contributed by atoms with Gasteiger partial charge in [0.2, 0.25) is 0 Å². The van der Waals surface area contributed by atoms with Gasteiger partial charge in [-0.15, -0.1) is 0 Å². The maximum Gasteiger partial charge on any atom is 0.191 e. The molecule has 0 amide bonds. The summed E-state index contributed by atoms with van der Waals surface area (Å²) in [7, 11) is 1.84. The molecule has 0 spiro atoms. The topological polar surface area (TPSA) is 48.9 Å². The Morgan fingerprint density at radius 1 is 1.05 bits per heavy atom. The van der Waals surface area contributed by atoms with Gasteiger partial charge < -0.3 is 20.3 Å². The van der Waals surface area contributed by atoms with Crippen LogP contribution in [0.4, 0.5) is 0 Å². The molecule has 1 saturated carbocycles. The largest absolute Gasteiger partial charge is 0.378 e. The molecule has 2 fully saturated rings. The molecule has 1 aliphatic carbocycles. The number of guanidine groups is 1. The second kappa shape index (κ2) is 10.8. The lowest BCUT2D eigenvalue weighted by Crippen LogP contribution is -2.43. The molecule has 0 aromatic heterocycles. The minimum atomic E-state index is 0.530. The molecule has 0 unspecified atom stereocenters. The molecular weight excluding hydrogens is 276 g/mol. The fraction of sp³-hybridized carbons (Fsp3) is 0.941. The highest BCUT2D eigenvalue weighted by Gasteiger charge is 2.14. The number of aliphatic imine (C=N–C) groups is 1. The molecule has 0 aromatic carbocycles. The van der Waals surface area contributed by atoms with Crippen molar-refractivity contribution in [2.75, 3.05) is 46.4 Å². The summed E-state index contributed by atoms with van der Waals surface area (Å²) in [5.74, 6) is 0.915. The van der Waals surface area contributed by atoms with Crippen molar-refractivity contribution in [2.45, 2.75) is 57.5 Å². The van der Waals surface area contributed by atoms with Gasteiger partial charge in [-0.1, -0.05) is 19.3 Å². The molecule has 1 saturated heterocycles. The van der Waals surface area contributed by atoms with Crippen LogP contribution in [-0.4, -0.2) is 63.3 Å². The second-order valence-corrected chi connectivity index (χ2v) is 6.46. The Bertz CT molecular complexity index is 310. The van der Waals surface area contributed by atoms with Gasteiger partial charge in [0.05, 0.1) is 6.10 Å². The predicted octanol–water partition coefficient (Wildman–Crippen LogP) is 1.99. The Balaban J connectivity index is 1.45. The lowest BCUT2D eigenvalue weighted by Gasteiger charge is -2.26. The number of hydrogen-bond donors (Lipinski definition) is 2. The zero-order valence-electron chi connectivity index (χ0n) is 14.3. The summed E-state index contributed by atoms with van der Waals surface area (Å²) in [6.45, 7) is 6.39. The van der Waals surface area contributed by atoms with E-state index in [2.05, 4.69) is 20.5 Å². The van der Waals surface area contributed by atoms with Gasteiger partial charge in [-0.2, -0.15) is 0 Å². The van der Waals surface area contributed by atoms with E-state index in [1.807, 2.05) is 7.05 Å². The Hall–Kier alpha value is -0.810. The number of piperidine rings is 1.